The Labute approximate surface area is 181 Å². The number of nitrogens with one attached hydrogen (secondary N) is 2. The van der Waals surface area contributed by atoms with E-state index in [-0.39, 0.29) is 23.3 Å². The van der Waals surface area contributed by atoms with Crippen LogP contribution in [-0.2, 0) is 9.59 Å². The molecule has 0 radical (unpaired) electrons. The van der Waals surface area contributed by atoms with Gasteiger partial charge in [0.1, 0.15) is 5.76 Å². The zero-order valence-corrected chi connectivity index (χ0v) is 18.3. The summed E-state index contributed by atoms with van der Waals surface area (Å²) in [6.45, 7) is 9.29. The average molecular weight is 432 g/mol. The molecule has 2 N–H and O–H groups in total. The highest BCUT2D eigenvalue weighted by Crippen LogP contribution is 2.17. The van der Waals surface area contributed by atoms with Gasteiger partial charge in [0, 0.05) is 51.0 Å². The van der Waals surface area contributed by atoms with E-state index in [1.165, 1.54) is 23.0 Å². The van der Waals surface area contributed by atoms with Crippen molar-refractivity contribution in [3.05, 3.63) is 41.7 Å². The zero-order valence-electron chi connectivity index (χ0n) is 17.5. The van der Waals surface area contributed by atoms with Crippen LogP contribution in [0.1, 0.15) is 11.3 Å². The monoisotopic (exact) mass is 431 g/mol. The lowest BCUT2D eigenvalue weighted by atomic mass is 10.2. The molecular formula is C21H29N5O3S. The molecule has 2 heterocycles. The van der Waals surface area contributed by atoms with Crippen molar-refractivity contribution in [2.75, 3.05) is 61.0 Å². The summed E-state index contributed by atoms with van der Waals surface area (Å²) in [7, 11) is 0. The van der Waals surface area contributed by atoms with Gasteiger partial charge in [-0.1, -0.05) is 17.3 Å². The van der Waals surface area contributed by atoms with Crippen LogP contribution >= 0.6 is 11.8 Å². The molecule has 0 aliphatic carbocycles. The number of rotatable bonds is 9. The summed E-state index contributed by atoms with van der Waals surface area (Å²) < 4.78 is 4.89. The predicted octanol–water partition coefficient (Wildman–Crippen LogP) is 1.90. The lowest BCUT2D eigenvalue weighted by Gasteiger charge is -2.36. The number of amides is 2. The smallest absolute Gasteiger partial charge is 0.235 e. The highest BCUT2D eigenvalue weighted by atomic mass is 32.2. The second kappa shape index (κ2) is 11.0. The normalized spacial score (nSPS) is 14.5. The number of carbonyl (C=O) groups is 2. The third-order valence-corrected chi connectivity index (χ3v) is 5.78. The number of carbonyl (C=O) groups excluding carboxylic acids is 2. The summed E-state index contributed by atoms with van der Waals surface area (Å²) in [6.07, 6.45) is 0. The third kappa shape index (κ3) is 7.07. The van der Waals surface area contributed by atoms with Crippen molar-refractivity contribution in [1.82, 2.24) is 15.4 Å². The fraction of sp³-hybridized carbons (Fsp3) is 0.476. The van der Waals surface area contributed by atoms with Gasteiger partial charge in [-0.3, -0.25) is 14.5 Å². The van der Waals surface area contributed by atoms with Crippen LogP contribution in [0.2, 0.25) is 0 Å². The molecule has 0 atom stereocenters. The van der Waals surface area contributed by atoms with E-state index in [2.05, 4.69) is 56.8 Å². The van der Waals surface area contributed by atoms with Crippen molar-refractivity contribution in [1.29, 1.82) is 0 Å². The van der Waals surface area contributed by atoms with Crippen molar-refractivity contribution in [3.63, 3.8) is 0 Å². The maximum atomic E-state index is 12.0. The molecule has 1 fully saturated rings. The van der Waals surface area contributed by atoms with Crippen molar-refractivity contribution >= 4 is 35.1 Å². The van der Waals surface area contributed by atoms with E-state index in [0.29, 0.717) is 18.1 Å². The lowest BCUT2D eigenvalue weighted by molar-refractivity contribution is -0.118. The number of benzene rings is 1. The van der Waals surface area contributed by atoms with Gasteiger partial charge >= 0.3 is 0 Å². The van der Waals surface area contributed by atoms with Crippen LogP contribution in [0.15, 0.2) is 34.9 Å². The van der Waals surface area contributed by atoms with Gasteiger partial charge in [-0.2, -0.15) is 0 Å². The van der Waals surface area contributed by atoms with E-state index in [0.717, 1.165) is 32.7 Å². The first-order chi connectivity index (χ1) is 14.5. The number of anilines is 2. The van der Waals surface area contributed by atoms with Gasteiger partial charge in [-0.05, 0) is 31.5 Å². The number of aromatic nitrogens is 1. The molecule has 1 aliphatic rings. The standard InChI is InChI=1S/C21H29N5O3S/c1-16-4-3-5-18(12-16)26-10-8-25(9-11-26)7-6-22-20(27)14-30-15-21(28)23-19-13-17(2)29-24-19/h3-5,12-13H,6-11,14-15H2,1-2H3,(H,22,27)(H,23,24,28). The SMILES string of the molecule is Cc1cccc(N2CCN(CCNC(=O)CSCC(=O)Nc3cc(C)on3)CC2)c1. The van der Waals surface area contributed by atoms with Crippen molar-refractivity contribution in [2.24, 2.45) is 0 Å². The third-order valence-electron chi connectivity index (χ3n) is 4.85. The van der Waals surface area contributed by atoms with Gasteiger partial charge < -0.3 is 20.1 Å². The van der Waals surface area contributed by atoms with Crippen LogP contribution in [0.25, 0.3) is 0 Å². The Morgan fingerprint density at radius 3 is 2.57 bits per heavy atom. The molecule has 0 unspecified atom stereocenters. The Morgan fingerprint density at radius 2 is 1.87 bits per heavy atom. The van der Waals surface area contributed by atoms with Gasteiger partial charge in [0.05, 0.1) is 11.5 Å². The Morgan fingerprint density at radius 1 is 1.10 bits per heavy atom. The van der Waals surface area contributed by atoms with Crippen molar-refractivity contribution in [3.8, 4) is 0 Å². The second-order valence-corrected chi connectivity index (χ2v) is 8.37. The minimum absolute atomic E-state index is 0.0523. The minimum Gasteiger partial charge on any atom is -0.369 e. The molecule has 0 bridgehead atoms. The summed E-state index contributed by atoms with van der Waals surface area (Å²) in [5.74, 6) is 1.22. The Kier molecular flexibility index (Phi) is 8.15. The van der Waals surface area contributed by atoms with Crippen LogP contribution in [0.5, 0.6) is 0 Å². The van der Waals surface area contributed by atoms with E-state index in [1.807, 2.05) is 0 Å². The van der Waals surface area contributed by atoms with E-state index in [4.69, 9.17) is 4.52 Å². The molecule has 2 aromatic rings. The number of aryl methyl sites for hydroxylation is 2. The highest BCUT2D eigenvalue weighted by molar-refractivity contribution is 8.00. The van der Waals surface area contributed by atoms with Crippen LogP contribution in [0.4, 0.5) is 11.5 Å². The van der Waals surface area contributed by atoms with Crippen LogP contribution in [-0.4, -0.2) is 72.6 Å². The lowest BCUT2D eigenvalue weighted by Crippen LogP contribution is -2.48. The summed E-state index contributed by atoms with van der Waals surface area (Å²) in [4.78, 5) is 28.6. The van der Waals surface area contributed by atoms with Gasteiger partial charge in [-0.15, -0.1) is 11.8 Å². The summed E-state index contributed by atoms with van der Waals surface area (Å²) in [5.41, 5.74) is 2.56. The van der Waals surface area contributed by atoms with Crippen LogP contribution in [0, 0.1) is 13.8 Å². The topological polar surface area (TPSA) is 90.7 Å². The average Bonchev–Trinajstić information content (AvgIpc) is 3.13. The van der Waals surface area contributed by atoms with Crippen LogP contribution < -0.4 is 15.5 Å². The molecule has 9 heteroatoms. The van der Waals surface area contributed by atoms with E-state index >= 15 is 0 Å². The number of nitrogens with zero attached hydrogens (tertiary/aromatic N) is 3. The predicted molar refractivity (Wildman–Crippen MR) is 120 cm³/mol. The van der Waals surface area contributed by atoms with Gasteiger partial charge in [0.2, 0.25) is 11.8 Å². The van der Waals surface area contributed by atoms with Crippen molar-refractivity contribution in [2.45, 2.75) is 13.8 Å². The molecule has 1 saturated heterocycles. The molecule has 0 spiro atoms. The minimum atomic E-state index is -0.201. The molecule has 2 amide bonds. The summed E-state index contributed by atoms with van der Waals surface area (Å²) >= 11 is 1.28. The zero-order chi connectivity index (χ0) is 21.3. The molecule has 162 valence electrons. The number of thioether (sulfide) groups is 1. The molecule has 1 aliphatic heterocycles. The maximum Gasteiger partial charge on any atom is 0.235 e. The summed E-state index contributed by atoms with van der Waals surface area (Å²) in [6, 6.07) is 10.2. The molecule has 30 heavy (non-hydrogen) atoms. The fourth-order valence-corrected chi connectivity index (χ4v) is 3.95. The number of hydrogen-bond donors (Lipinski definition) is 2. The maximum absolute atomic E-state index is 12.0. The molecular weight excluding hydrogens is 402 g/mol. The van der Waals surface area contributed by atoms with E-state index in [1.54, 1.807) is 13.0 Å². The first kappa shape index (κ1) is 22.2. The molecule has 1 aromatic carbocycles. The Balaban J connectivity index is 1.25. The number of piperazine rings is 1. The quantitative estimate of drug-likeness (QED) is 0.627. The van der Waals surface area contributed by atoms with Gasteiger partial charge in [-0.25, -0.2) is 0 Å². The molecule has 8 nitrogen and oxygen atoms in total. The van der Waals surface area contributed by atoms with E-state index < -0.39 is 0 Å². The molecule has 3 rings (SSSR count). The molecule has 1 aromatic heterocycles. The van der Waals surface area contributed by atoms with Crippen molar-refractivity contribution < 1.29 is 14.1 Å². The molecule has 0 saturated carbocycles. The van der Waals surface area contributed by atoms with E-state index in [9.17, 15) is 9.59 Å². The largest absolute Gasteiger partial charge is 0.369 e. The van der Waals surface area contributed by atoms with Gasteiger partial charge in [0.15, 0.2) is 5.82 Å². The Bertz CT molecular complexity index is 849. The Hall–Kier alpha value is -2.52. The first-order valence-electron chi connectivity index (χ1n) is 10.1. The second-order valence-electron chi connectivity index (χ2n) is 7.38. The first-order valence-corrected chi connectivity index (χ1v) is 11.3. The van der Waals surface area contributed by atoms with Crippen LogP contribution in [0.3, 0.4) is 0 Å². The fourth-order valence-electron chi connectivity index (χ4n) is 3.30. The highest BCUT2D eigenvalue weighted by Gasteiger charge is 2.17. The summed E-state index contributed by atoms with van der Waals surface area (Å²) in [5, 5.41) is 9.27. The number of hydrogen-bond acceptors (Lipinski definition) is 7. The van der Waals surface area contributed by atoms with Gasteiger partial charge in [0.25, 0.3) is 0 Å².